The molecule has 3 rings (SSSR count). The van der Waals surface area contributed by atoms with E-state index in [1.165, 1.54) is 24.3 Å². The van der Waals surface area contributed by atoms with Crippen molar-refractivity contribution in [1.82, 2.24) is 0 Å². The van der Waals surface area contributed by atoms with Gasteiger partial charge in [0.15, 0.2) is 5.76 Å². The number of benzene rings is 2. The molecule has 0 aliphatic heterocycles. The Labute approximate surface area is 166 Å². The molecule has 6 nitrogen and oxygen atoms in total. The summed E-state index contributed by atoms with van der Waals surface area (Å²) in [6.45, 7) is -0.398. The molecule has 0 fully saturated rings. The lowest BCUT2D eigenvalue weighted by Gasteiger charge is -2.10. The van der Waals surface area contributed by atoms with Gasteiger partial charge in [0, 0.05) is 0 Å². The highest BCUT2D eigenvalue weighted by atomic mass is 19.3. The average molecular weight is 403 g/mol. The maximum atomic E-state index is 12.5. The highest BCUT2D eigenvalue weighted by Crippen LogP contribution is 2.26. The van der Waals surface area contributed by atoms with E-state index in [1.807, 2.05) is 6.92 Å². The summed E-state index contributed by atoms with van der Waals surface area (Å²) >= 11 is 0. The van der Waals surface area contributed by atoms with E-state index < -0.39 is 12.5 Å². The molecule has 0 spiro atoms. The van der Waals surface area contributed by atoms with Gasteiger partial charge >= 0.3 is 6.61 Å². The van der Waals surface area contributed by atoms with Gasteiger partial charge in [-0.2, -0.15) is 8.78 Å². The molecule has 0 aliphatic rings. The topological polar surface area (TPSA) is 69.9 Å². The predicted molar refractivity (Wildman–Crippen MR) is 102 cm³/mol. The van der Waals surface area contributed by atoms with Crippen molar-refractivity contribution in [3.8, 4) is 17.2 Å². The molecule has 3 aromatic rings. The van der Waals surface area contributed by atoms with Crippen LogP contribution in [-0.4, -0.2) is 19.1 Å². The first-order valence-electron chi connectivity index (χ1n) is 8.84. The molecular weight excluding hydrogens is 384 g/mol. The first kappa shape index (κ1) is 20.2. The Hall–Kier alpha value is -3.55. The second-order valence-electron chi connectivity index (χ2n) is 5.79. The Morgan fingerprint density at radius 1 is 1.00 bits per heavy atom. The molecule has 1 heterocycles. The van der Waals surface area contributed by atoms with E-state index in [0.29, 0.717) is 18.1 Å². The van der Waals surface area contributed by atoms with Crippen molar-refractivity contribution >= 4 is 11.6 Å². The van der Waals surface area contributed by atoms with E-state index in [4.69, 9.17) is 13.9 Å². The van der Waals surface area contributed by atoms with Crippen LogP contribution >= 0.6 is 0 Å². The number of anilines is 1. The highest BCUT2D eigenvalue weighted by molar-refractivity contribution is 6.03. The number of carbonyl (C=O) groups excluding carboxylic acids is 1. The van der Waals surface area contributed by atoms with Crippen molar-refractivity contribution in [2.45, 2.75) is 20.1 Å². The molecule has 0 saturated carbocycles. The monoisotopic (exact) mass is 403 g/mol. The molecule has 0 radical (unpaired) electrons. The van der Waals surface area contributed by atoms with Gasteiger partial charge in [0.1, 0.15) is 29.6 Å². The Morgan fingerprint density at radius 2 is 1.69 bits per heavy atom. The van der Waals surface area contributed by atoms with Crippen molar-refractivity contribution in [3.63, 3.8) is 0 Å². The van der Waals surface area contributed by atoms with Crippen LogP contribution in [-0.2, 0) is 6.61 Å². The number of para-hydroxylation sites is 2. The summed E-state index contributed by atoms with van der Waals surface area (Å²) in [5.41, 5.74) is 0.112. The molecule has 1 amide bonds. The van der Waals surface area contributed by atoms with Gasteiger partial charge in [-0.1, -0.05) is 12.1 Å². The van der Waals surface area contributed by atoms with Crippen molar-refractivity contribution in [3.05, 3.63) is 72.2 Å². The number of alkyl halides is 2. The third-order valence-electron chi connectivity index (χ3n) is 3.75. The lowest BCUT2D eigenvalue weighted by atomic mass is 10.3. The van der Waals surface area contributed by atoms with Crippen LogP contribution in [0, 0.1) is 0 Å². The Kier molecular flexibility index (Phi) is 6.67. The van der Waals surface area contributed by atoms with E-state index >= 15 is 0 Å². The van der Waals surface area contributed by atoms with Crippen LogP contribution in [0.15, 0.2) is 65.1 Å². The lowest BCUT2D eigenvalue weighted by molar-refractivity contribution is -0.0493. The molecule has 0 bridgehead atoms. The minimum absolute atomic E-state index is 0.0159. The standard InChI is InChI=1S/C21H19F2NO5/c1-2-26-14-7-9-15(10-8-14)27-13-16-11-12-19(28-16)20(25)24-17-5-3-4-6-18(17)29-21(22)23/h3-12,21H,2,13H2,1H3,(H,24,25). The number of nitrogens with one attached hydrogen (secondary N) is 1. The van der Waals surface area contributed by atoms with Gasteiger partial charge in [-0.3, -0.25) is 4.79 Å². The van der Waals surface area contributed by atoms with Crippen LogP contribution in [0.5, 0.6) is 17.2 Å². The largest absolute Gasteiger partial charge is 0.494 e. The third kappa shape index (κ3) is 5.71. The maximum absolute atomic E-state index is 12.5. The quantitative estimate of drug-likeness (QED) is 0.538. The molecule has 0 saturated heterocycles. The zero-order valence-electron chi connectivity index (χ0n) is 15.6. The van der Waals surface area contributed by atoms with Crippen molar-refractivity contribution in [2.24, 2.45) is 0 Å². The van der Waals surface area contributed by atoms with Gasteiger partial charge in [-0.25, -0.2) is 0 Å². The second kappa shape index (κ2) is 9.59. The van der Waals surface area contributed by atoms with Crippen LogP contribution in [0.2, 0.25) is 0 Å². The molecular formula is C21H19F2NO5. The molecule has 1 N–H and O–H groups in total. The number of rotatable bonds is 9. The van der Waals surface area contributed by atoms with Crippen LogP contribution in [0.3, 0.4) is 0 Å². The molecule has 2 aromatic carbocycles. The number of furan rings is 1. The fourth-order valence-corrected chi connectivity index (χ4v) is 2.48. The zero-order valence-corrected chi connectivity index (χ0v) is 15.6. The maximum Gasteiger partial charge on any atom is 0.387 e. The van der Waals surface area contributed by atoms with Gasteiger partial charge in [-0.15, -0.1) is 0 Å². The molecule has 1 aromatic heterocycles. The first-order chi connectivity index (χ1) is 14.0. The van der Waals surface area contributed by atoms with Crippen molar-refractivity contribution in [2.75, 3.05) is 11.9 Å². The minimum Gasteiger partial charge on any atom is -0.494 e. The molecule has 0 unspecified atom stereocenters. The molecule has 152 valence electrons. The number of amides is 1. The number of carbonyl (C=O) groups is 1. The molecule has 29 heavy (non-hydrogen) atoms. The smallest absolute Gasteiger partial charge is 0.387 e. The summed E-state index contributed by atoms with van der Waals surface area (Å²) < 4.78 is 45.8. The third-order valence-corrected chi connectivity index (χ3v) is 3.75. The average Bonchev–Trinajstić information content (AvgIpc) is 3.18. The van der Waals surface area contributed by atoms with E-state index in [-0.39, 0.29) is 23.8 Å². The fourth-order valence-electron chi connectivity index (χ4n) is 2.48. The Bertz CT molecular complexity index is 940. The minimum atomic E-state index is -3.00. The second-order valence-corrected chi connectivity index (χ2v) is 5.79. The van der Waals surface area contributed by atoms with E-state index in [2.05, 4.69) is 10.1 Å². The number of ether oxygens (including phenoxy) is 3. The molecule has 0 aliphatic carbocycles. The van der Waals surface area contributed by atoms with Gasteiger partial charge < -0.3 is 23.9 Å². The Balaban J connectivity index is 1.59. The van der Waals surface area contributed by atoms with Gasteiger partial charge in [-0.05, 0) is 55.5 Å². The summed E-state index contributed by atoms with van der Waals surface area (Å²) in [4.78, 5) is 12.3. The lowest BCUT2D eigenvalue weighted by Crippen LogP contribution is -2.13. The predicted octanol–water partition coefficient (Wildman–Crippen LogP) is 5.11. The summed E-state index contributed by atoms with van der Waals surface area (Å²) in [5, 5.41) is 2.49. The van der Waals surface area contributed by atoms with Crippen molar-refractivity contribution in [1.29, 1.82) is 0 Å². The van der Waals surface area contributed by atoms with Crippen LogP contribution in [0.4, 0.5) is 14.5 Å². The van der Waals surface area contributed by atoms with Gasteiger partial charge in [0.05, 0.1) is 12.3 Å². The molecule has 8 heteroatoms. The van der Waals surface area contributed by atoms with Crippen LogP contribution < -0.4 is 19.5 Å². The summed E-state index contributed by atoms with van der Waals surface area (Å²) in [5.74, 6) is 1.08. The SMILES string of the molecule is CCOc1ccc(OCc2ccc(C(=O)Nc3ccccc3OC(F)F)o2)cc1. The highest BCUT2D eigenvalue weighted by Gasteiger charge is 2.15. The van der Waals surface area contributed by atoms with E-state index in [1.54, 1.807) is 36.4 Å². The normalized spacial score (nSPS) is 10.6. The van der Waals surface area contributed by atoms with Crippen LogP contribution in [0.25, 0.3) is 0 Å². The number of halogens is 2. The van der Waals surface area contributed by atoms with Crippen molar-refractivity contribution < 1.29 is 32.2 Å². The Morgan fingerprint density at radius 3 is 2.38 bits per heavy atom. The summed E-state index contributed by atoms with van der Waals surface area (Å²) in [6.07, 6.45) is 0. The fraction of sp³-hybridized carbons (Fsp3) is 0.190. The van der Waals surface area contributed by atoms with Crippen LogP contribution in [0.1, 0.15) is 23.2 Å². The first-order valence-corrected chi connectivity index (χ1v) is 8.84. The number of hydrogen-bond donors (Lipinski definition) is 1. The van der Waals surface area contributed by atoms with E-state index in [9.17, 15) is 13.6 Å². The van der Waals surface area contributed by atoms with E-state index in [0.717, 1.165) is 5.75 Å². The summed E-state index contributed by atoms with van der Waals surface area (Å²) in [6, 6.07) is 16.1. The number of hydrogen-bond acceptors (Lipinski definition) is 5. The van der Waals surface area contributed by atoms with Gasteiger partial charge in [0.25, 0.3) is 5.91 Å². The zero-order chi connectivity index (χ0) is 20.6. The molecule has 0 atom stereocenters. The summed E-state index contributed by atoms with van der Waals surface area (Å²) in [7, 11) is 0. The van der Waals surface area contributed by atoms with Gasteiger partial charge in [0.2, 0.25) is 0 Å².